The molecule has 0 saturated heterocycles. The van der Waals surface area contributed by atoms with E-state index in [1.807, 2.05) is 5.43 Å². The molecule has 0 aliphatic carbocycles. The first-order valence-corrected chi connectivity index (χ1v) is 3.32. The van der Waals surface area contributed by atoms with Gasteiger partial charge in [0.25, 0.3) is 5.91 Å². The van der Waals surface area contributed by atoms with Crippen LogP contribution in [-0.2, 0) is 0 Å². The Kier molecular flexibility index (Phi) is 2.46. The number of benzene rings is 1. The number of nitrogens with one attached hydrogen (secondary N) is 1. The van der Waals surface area contributed by atoms with Gasteiger partial charge in [-0.3, -0.25) is 10.2 Å². The zero-order valence-corrected chi connectivity index (χ0v) is 6.29. The zero-order valence-electron chi connectivity index (χ0n) is 6.29. The summed E-state index contributed by atoms with van der Waals surface area (Å²) in [5.74, 6) is 6.67. The SMILES string of the molecule is [C]#Cc1ccccc1C(=O)NN. The van der Waals surface area contributed by atoms with Crippen LogP contribution in [0.3, 0.4) is 0 Å². The Balaban J connectivity index is 3.16. The summed E-state index contributed by atoms with van der Waals surface area (Å²) in [7, 11) is 0. The molecule has 3 nitrogen and oxygen atoms in total. The molecule has 0 bridgehead atoms. The van der Waals surface area contributed by atoms with Gasteiger partial charge in [-0.1, -0.05) is 18.1 Å². The first-order valence-electron chi connectivity index (χ1n) is 3.32. The van der Waals surface area contributed by atoms with Crippen molar-refractivity contribution in [3.05, 3.63) is 41.8 Å². The van der Waals surface area contributed by atoms with Gasteiger partial charge in [0.2, 0.25) is 0 Å². The Hall–Kier alpha value is -1.79. The van der Waals surface area contributed by atoms with Gasteiger partial charge < -0.3 is 0 Å². The third-order valence-electron chi connectivity index (χ3n) is 1.44. The minimum absolute atomic E-state index is 0.356. The van der Waals surface area contributed by atoms with E-state index in [9.17, 15) is 4.79 Å². The van der Waals surface area contributed by atoms with Gasteiger partial charge in [-0.2, -0.15) is 0 Å². The lowest BCUT2D eigenvalue weighted by Crippen LogP contribution is -2.30. The second-order valence-corrected chi connectivity index (χ2v) is 2.14. The van der Waals surface area contributed by atoms with Crippen molar-refractivity contribution in [2.24, 2.45) is 5.84 Å². The van der Waals surface area contributed by atoms with Crippen molar-refractivity contribution in [2.75, 3.05) is 0 Å². The molecule has 0 heterocycles. The van der Waals surface area contributed by atoms with E-state index in [0.29, 0.717) is 11.1 Å². The van der Waals surface area contributed by atoms with Crippen LogP contribution in [0, 0.1) is 12.3 Å². The summed E-state index contributed by atoms with van der Waals surface area (Å²) in [6.07, 6.45) is 6.88. The molecule has 1 radical (unpaired) electrons. The lowest BCUT2D eigenvalue weighted by Gasteiger charge is -2.00. The molecule has 1 amide bonds. The number of carbonyl (C=O) groups excluding carboxylic acids is 1. The van der Waals surface area contributed by atoms with Crippen molar-refractivity contribution in [3.8, 4) is 5.92 Å². The molecule has 0 atom stereocenters. The van der Waals surface area contributed by atoms with Gasteiger partial charge >= 0.3 is 0 Å². The number of rotatable bonds is 1. The topological polar surface area (TPSA) is 55.1 Å². The second-order valence-electron chi connectivity index (χ2n) is 2.14. The largest absolute Gasteiger partial charge is 0.290 e. The molecule has 1 aromatic carbocycles. The fourth-order valence-electron chi connectivity index (χ4n) is 0.868. The van der Waals surface area contributed by atoms with Crippen LogP contribution in [0.1, 0.15) is 15.9 Å². The average Bonchev–Trinajstić information content (AvgIpc) is 2.16. The van der Waals surface area contributed by atoms with Gasteiger partial charge in [-0.15, -0.1) is 0 Å². The first kappa shape index (κ1) is 8.31. The maximum absolute atomic E-state index is 11.0. The standard InChI is InChI=1S/C9H7N2O/c1-2-7-5-3-4-6-8(7)9(12)11-10/h3-6H,10H2,(H,11,12). The third kappa shape index (κ3) is 1.44. The molecular weight excluding hydrogens is 152 g/mol. The molecule has 12 heavy (non-hydrogen) atoms. The summed E-state index contributed by atoms with van der Waals surface area (Å²) in [4.78, 5) is 11.0. The second kappa shape index (κ2) is 3.56. The van der Waals surface area contributed by atoms with E-state index >= 15 is 0 Å². The van der Waals surface area contributed by atoms with Crippen molar-refractivity contribution in [1.82, 2.24) is 5.43 Å². The molecule has 59 valence electrons. The summed E-state index contributed by atoms with van der Waals surface area (Å²) in [6.45, 7) is 0. The molecule has 3 N–H and O–H groups in total. The lowest BCUT2D eigenvalue weighted by atomic mass is 10.1. The van der Waals surface area contributed by atoms with Crippen molar-refractivity contribution in [1.29, 1.82) is 0 Å². The Morgan fingerprint density at radius 3 is 2.75 bits per heavy atom. The van der Waals surface area contributed by atoms with Crippen LogP contribution in [-0.4, -0.2) is 5.91 Å². The van der Waals surface area contributed by atoms with Crippen molar-refractivity contribution in [2.45, 2.75) is 0 Å². The van der Waals surface area contributed by atoms with E-state index in [4.69, 9.17) is 12.3 Å². The first-order chi connectivity index (χ1) is 5.79. The minimum Gasteiger partial charge on any atom is -0.290 e. The monoisotopic (exact) mass is 159 g/mol. The third-order valence-corrected chi connectivity index (χ3v) is 1.44. The lowest BCUT2D eigenvalue weighted by molar-refractivity contribution is 0.0953. The van der Waals surface area contributed by atoms with E-state index in [1.54, 1.807) is 24.3 Å². The Morgan fingerprint density at radius 1 is 1.50 bits per heavy atom. The normalized spacial score (nSPS) is 8.67. The van der Waals surface area contributed by atoms with E-state index < -0.39 is 5.91 Å². The van der Waals surface area contributed by atoms with Gasteiger partial charge in [0.05, 0.1) is 5.56 Å². The van der Waals surface area contributed by atoms with Gasteiger partial charge in [0.15, 0.2) is 0 Å². The van der Waals surface area contributed by atoms with Gasteiger partial charge in [-0.25, -0.2) is 5.84 Å². The summed E-state index contributed by atoms with van der Waals surface area (Å²) in [5.41, 5.74) is 2.78. The molecule has 0 aliphatic rings. The van der Waals surface area contributed by atoms with E-state index in [1.165, 1.54) is 0 Å². The summed E-state index contributed by atoms with van der Waals surface area (Å²) >= 11 is 0. The van der Waals surface area contributed by atoms with Gasteiger partial charge in [-0.05, 0) is 18.6 Å². The molecular formula is C9H7N2O. The van der Waals surface area contributed by atoms with Crippen LogP contribution < -0.4 is 11.3 Å². The predicted molar refractivity (Wildman–Crippen MR) is 44.3 cm³/mol. The van der Waals surface area contributed by atoms with Gasteiger partial charge in [0, 0.05) is 5.56 Å². The highest BCUT2D eigenvalue weighted by atomic mass is 16.2. The predicted octanol–water partition coefficient (Wildman–Crippen LogP) is 0.228. The van der Waals surface area contributed by atoms with Crippen molar-refractivity contribution >= 4 is 5.91 Å². The molecule has 0 unspecified atom stereocenters. The smallest absolute Gasteiger partial charge is 0.266 e. The number of carbonyl (C=O) groups is 1. The van der Waals surface area contributed by atoms with Crippen molar-refractivity contribution in [3.63, 3.8) is 0 Å². The van der Waals surface area contributed by atoms with E-state index in [-0.39, 0.29) is 0 Å². The highest BCUT2D eigenvalue weighted by Gasteiger charge is 2.06. The van der Waals surface area contributed by atoms with Crippen molar-refractivity contribution < 1.29 is 4.79 Å². The number of hydrazine groups is 1. The van der Waals surface area contributed by atoms with Gasteiger partial charge in [0.1, 0.15) is 0 Å². The van der Waals surface area contributed by atoms with Crippen LogP contribution in [0.4, 0.5) is 0 Å². The Morgan fingerprint density at radius 2 is 2.17 bits per heavy atom. The van der Waals surface area contributed by atoms with Crippen LogP contribution in [0.25, 0.3) is 0 Å². The molecule has 3 heteroatoms. The highest BCUT2D eigenvalue weighted by Crippen LogP contribution is 2.05. The average molecular weight is 159 g/mol. The van der Waals surface area contributed by atoms with E-state index in [0.717, 1.165) is 0 Å². The van der Waals surface area contributed by atoms with Crippen LogP contribution >= 0.6 is 0 Å². The zero-order chi connectivity index (χ0) is 8.97. The maximum Gasteiger partial charge on any atom is 0.266 e. The minimum atomic E-state index is -0.412. The molecule has 0 spiro atoms. The van der Waals surface area contributed by atoms with E-state index in [2.05, 4.69) is 5.92 Å². The fraction of sp³-hybridized carbons (Fsp3) is 0. The summed E-state index contributed by atoms with van der Waals surface area (Å²) < 4.78 is 0. The molecule has 0 fully saturated rings. The molecule has 0 aromatic heterocycles. The highest BCUT2D eigenvalue weighted by molar-refractivity contribution is 5.96. The quantitative estimate of drug-likeness (QED) is 0.267. The Bertz CT molecular complexity index is 339. The molecule has 0 aliphatic heterocycles. The number of hydrogen-bond donors (Lipinski definition) is 2. The number of amides is 1. The van der Waals surface area contributed by atoms with Crippen LogP contribution in [0.5, 0.6) is 0 Å². The number of hydrogen-bond acceptors (Lipinski definition) is 2. The summed E-state index contributed by atoms with van der Waals surface area (Å²) in [6, 6.07) is 6.63. The Labute approximate surface area is 70.5 Å². The molecule has 1 rings (SSSR count). The fourth-order valence-corrected chi connectivity index (χ4v) is 0.868. The van der Waals surface area contributed by atoms with Crippen LogP contribution in [0.2, 0.25) is 0 Å². The van der Waals surface area contributed by atoms with Crippen LogP contribution in [0.15, 0.2) is 24.3 Å². The summed E-state index contributed by atoms with van der Waals surface area (Å²) in [5, 5.41) is 0. The number of nitrogen functional groups attached to an aromatic ring is 1. The maximum atomic E-state index is 11.0. The molecule has 1 aromatic rings. The molecule has 0 saturated carbocycles. The number of nitrogens with two attached hydrogens (primary N) is 1.